The van der Waals surface area contributed by atoms with E-state index in [1.165, 1.54) is 5.56 Å². The Morgan fingerprint density at radius 2 is 2.00 bits per heavy atom. The molecule has 0 amide bonds. The van der Waals surface area contributed by atoms with Crippen LogP contribution in [0.15, 0.2) is 24.3 Å². The van der Waals surface area contributed by atoms with Crippen LogP contribution in [0, 0.1) is 6.92 Å². The highest BCUT2D eigenvalue weighted by molar-refractivity contribution is 5.23. The number of hydrogen-bond acceptors (Lipinski definition) is 2. The second-order valence-corrected chi connectivity index (χ2v) is 5.10. The molecule has 18 heavy (non-hydrogen) atoms. The number of hydrogen-bond donors (Lipinski definition) is 1. The van der Waals surface area contributed by atoms with Crippen molar-refractivity contribution in [1.82, 2.24) is 4.90 Å². The summed E-state index contributed by atoms with van der Waals surface area (Å²) in [6.45, 7) is 10.7. The fourth-order valence-corrected chi connectivity index (χ4v) is 2.28. The van der Waals surface area contributed by atoms with E-state index in [2.05, 4.69) is 44.7 Å². The molecular formula is C16H27NO. The molecule has 0 aliphatic carbocycles. The minimum atomic E-state index is -0.344. The highest BCUT2D eigenvalue weighted by Crippen LogP contribution is 2.18. The first-order chi connectivity index (χ1) is 8.58. The molecule has 2 atom stereocenters. The van der Waals surface area contributed by atoms with Crippen LogP contribution in [0.5, 0.6) is 0 Å². The Balaban J connectivity index is 2.52. The van der Waals surface area contributed by atoms with Gasteiger partial charge in [-0.2, -0.15) is 0 Å². The zero-order valence-electron chi connectivity index (χ0n) is 12.2. The zero-order valence-corrected chi connectivity index (χ0v) is 12.2. The maximum Gasteiger partial charge on any atom is 0.0802 e. The standard InChI is InChI=1S/C16H27NO/c1-5-14(4)17(6-2)11-10-16(18)15-9-7-8-13(3)12-15/h7-9,12,14,16,18H,5-6,10-11H2,1-4H3. The van der Waals surface area contributed by atoms with Crippen LogP contribution in [0.2, 0.25) is 0 Å². The van der Waals surface area contributed by atoms with Gasteiger partial charge in [0.2, 0.25) is 0 Å². The molecule has 2 heteroatoms. The van der Waals surface area contributed by atoms with Gasteiger partial charge in [-0.25, -0.2) is 0 Å². The van der Waals surface area contributed by atoms with Gasteiger partial charge in [0.1, 0.15) is 0 Å². The van der Waals surface area contributed by atoms with E-state index in [9.17, 15) is 5.11 Å². The van der Waals surface area contributed by atoms with Gasteiger partial charge in [0.05, 0.1) is 6.10 Å². The largest absolute Gasteiger partial charge is 0.388 e. The molecule has 0 bridgehead atoms. The third kappa shape index (κ3) is 4.43. The van der Waals surface area contributed by atoms with Crippen molar-refractivity contribution in [2.45, 2.75) is 52.7 Å². The minimum absolute atomic E-state index is 0.344. The van der Waals surface area contributed by atoms with E-state index in [1.54, 1.807) is 0 Å². The van der Waals surface area contributed by atoms with Crippen LogP contribution in [0.4, 0.5) is 0 Å². The van der Waals surface area contributed by atoms with Gasteiger partial charge in [0, 0.05) is 12.6 Å². The molecular weight excluding hydrogens is 222 g/mol. The van der Waals surface area contributed by atoms with Crippen molar-refractivity contribution >= 4 is 0 Å². The predicted octanol–water partition coefficient (Wildman–Crippen LogP) is 3.54. The predicted molar refractivity (Wildman–Crippen MR) is 77.8 cm³/mol. The molecule has 0 radical (unpaired) electrons. The van der Waals surface area contributed by atoms with Crippen LogP contribution in [-0.2, 0) is 0 Å². The van der Waals surface area contributed by atoms with Crippen molar-refractivity contribution in [3.05, 3.63) is 35.4 Å². The molecule has 1 N–H and O–H groups in total. The van der Waals surface area contributed by atoms with Crippen molar-refractivity contribution in [3.8, 4) is 0 Å². The Bertz CT molecular complexity index is 351. The molecule has 1 rings (SSSR count). The maximum atomic E-state index is 10.2. The van der Waals surface area contributed by atoms with Gasteiger partial charge in [-0.15, -0.1) is 0 Å². The van der Waals surface area contributed by atoms with Gasteiger partial charge < -0.3 is 10.0 Å². The summed E-state index contributed by atoms with van der Waals surface area (Å²) in [5.41, 5.74) is 2.25. The van der Waals surface area contributed by atoms with Crippen molar-refractivity contribution in [1.29, 1.82) is 0 Å². The quantitative estimate of drug-likeness (QED) is 0.799. The first kappa shape index (κ1) is 15.2. The molecule has 0 aliphatic rings. The van der Waals surface area contributed by atoms with E-state index in [1.807, 2.05) is 12.1 Å². The fraction of sp³-hybridized carbons (Fsp3) is 0.625. The van der Waals surface area contributed by atoms with Crippen LogP contribution in [-0.4, -0.2) is 29.1 Å². The molecule has 0 heterocycles. The molecule has 0 aromatic heterocycles. The summed E-state index contributed by atoms with van der Waals surface area (Å²) >= 11 is 0. The monoisotopic (exact) mass is 249 g/mol. The van der Waals surface area contributed by atoms with Gasteiger partial charge in [-0.1, -0.05) is 43.7 Å². The highest BCUT2D eigenvalue weighted by atomic mass is 16.3. The summed E-state index contributed by atoms with van der Waals surface area (Å²) < 4.78 is 0. The number of aryl methyl sites for hydroxylation is 1. The molecule has 1 aromatic carbocycles. The third-order valence-corrected chi connectivity index (χ3v) is 3.74. The molecule has 0 saturated heterocycles. The second-order valence-electron chi connectivity index (χ2n) is 5.10. The fourth-order valence-electron chi connectivity index (χ4n) is 2.28. The summed E-state index contributed by atoms with van der Waals surface area (Å²) in [6.07, 6.45) is 1.62. The molecule has 2 nitrogen and oxygen atoms in total. The Morgan fingerprint density at radius 1 is 1.28 bits per heavy atom. The van der Waals surface area contributed by atoms with Crippen LogP contribution in [0.1, 0.15) is 50.8 Å². The van der Waals surface area contributed by atoms with Gasteiger partial charge in [-0.05, 0) is 38.8 Å². The smallest absolute Gasteiger partial charge is 0.0802 e. The Hall–Kier alpha value is -0.860. The van der Waals surface area contributed by atoms with Gasteiger partial charge >= 0.3 is 0 Å². The second kappa shape index (κ2) is 7.55. The van der Waals surface area contributed by atoms with Crippen LogP contribution >= 0.6 is 0 Å². The summed E-state index contributed by atoms with van der Waals surface area (Å²) in [7, 11) is 0. The maximum absolute atomic E-state index is 10.2. The number of aliphatic hydroxyl groups excluding tert-OH is 1. The van der Waals surface area contributed by atoms with E-state index in [0.717, 1.165) is 31.5 Å². The lowest BCUT2D eigenvalue weighted by Gasteiger charge is -2.27. The van der Waals surface area contributed by atoms with Crippen LogP contribution < -0.4 is 0 Å². The lowest BCUT2D eigenvalue weighted by atomic mass is 10.0. The molecule has 2 unspecified atom stereocenters. The SMILES string of the molecule is CCC(C)N(CC)CCC(O)c1cccc(C)c1. The van der Waals surface area contributed by atoms with Crippen LogP contribution in [0.3, 0.4) is 0 Å². The topological polar surface area (TPSA) is 23.5 Å². The van der Waals surface area contributed by atoms with Crippen molar-refractivity contribution in [2.75, 3.05) is 13.1 Å². The van der Waals surface area contributed by atoms with Crippen molar-refractivity contribution in [2.24, 2.45) is 0 Å². The molecule has 0 spiro atoms. The lowest BCUT2D eigenvalue weighted by molar-refractivity contribution is 0.128. The van der Waals surface area contributed by atoms with Gasteiger partial charge in [0.15, 0.2) is 0 Å². The summed E-state index contributed by atoms with van der Waals surface area (Å²) in [6, 6.07) is 8.76. The highest BCUT2D eigenvalue weighted by Gasteiger charge is 2.13. The van der Waals surface area contributed by atoms with E-state index >= 15 is 0 Å². The van der Waals surface area contributed by atoms with E-state index in [-0.39, 0.29) is 6.10 Å². The van der Waals surface area contributed by atoms with E-state index < -0.39 is 0 Å². The average molecular weight is 249 g/mol. The van der Waals surface area contributed by atoms with E-state index in [0.29, 0.717) is 6.04 Å². The molecule has 1 aromatic rings. The molecule has 0 aliphatic heterocycles. The Kier molecular flexibility index (Phi) is 6.37. The summed E-state index contributed by atoms with van der Waals surface area (Å²) in [4.78, 5) is 2.43. The van der Waals surface area contributed by atoms with Crippen molar-refractivity contribution in [3.63, 3.8) is 0 Å². The first-order valence-electron chi connectivity index (χ1n) is 7.07. The molecule has 0 fully saturated rings. The number of rotatable bonds is 7. The first-order valence-corrected chi connectivity index (χ1v) is 7.07. The molecule has 102 valence electrons. The zero-order chi connectivity index (χ0) is 13.5. The van der Waals surface area contributed by atoms with E-state index in [4.69, 9.17) is 0 Å². The average Bonchev–Trinajstić information content (AvgIpc) is 2.38. The number of nitrogens with zero attached hydrogens (tertiary/aromatic N) is 1. The summed E-state index contributed by atoms with van der Waals surface area (Å²) in [5.74, 6) is 0. The molecule has 0 saturated carbocycles. The van der Waals surface area contributed by atoms with Crippen molar-refractivity contribution < 1.29 is 5.11 Å². The number of benzene rings is 1. The van der Waals surface area contributed by atoms with Gasteiger partial charge in [-0.3, -0.25) is 0 Å². The van der Waals surface area contributed by atoms with Gasteiger partial charge in [0.25, 0.3) is 0 Å². The van der Waals surface area contributed by atoms with Crippen LogP contribution in [0.25, 0.3) is 0 Å². The normalized spacial score (nSPS) is 14.8. The lowest BCUT2D eigenvalue weighted by Crippen LogP contribution is -2.33. The number of aliphatic hydroxyl groups is 1. The minimum Gasteiger partial charge on any atom is -0.388 e. The summed E-state index contributed by atoms with van der Waals surface area (Å²) in [5, 5.41) is 10.2. The third-order valence-electron chi connectivity index (χ3n) is 3.74. The Morgan fingerprint density at radius 3 is 2.56 bits per heavy atom. The Labute approximate surface area is 112 Å².